The normalized spacial score (nSPS) is 0. The first kappa shape index (κ1) is 50.9. The van der Waals surface area contributed by atoms with Crippen molar-refractivity contribution in [2.24, 2.45) is 0 Å². The first-order chi connectivity index (χ1) is 0. The fraction of sp³-hybridized carbons (Fsp3) is 0. The van der Waals surface area contributed by atoms with Crippen molar-refractivity contribution in [2.45, 2.75) is 0 Å². The Morgan fingerprint density at radius 2 is 0.750 bits per heavy atom. The van der Waals surface area contributed by atoms with Crippen LogP contribution in [0.4, 0.5) is 0 Å². The molecule has 0 aliphatic heterocycles. The number of halogens is 2. The van der Waals surface area contributed by atoms with Gasteiger partial charge in [0.15, 0.2) is 0 Å². The summed E-state index contributed by atoms with van der Waals surface area (Å²) < 4.78 is 0. The quantitative estimate of drug-likeness (QED) is 0.389. The van der Waals surface area contributed by atoms with E-state index >= 15 is 0 Å². The third kappa shape index (κ3) is 9.82. The maximum absolute atomic E-state index is 0. The van der Waals surface area contributed by atoms with Crippen LogP contribution >= 0.6 is 0 Å². The molecule has 24 valence electrons. The summed E-state index contributed by atoms with van der Waals surface area (Å²) in [7, 11) is 0. The molecule has 0 unspecified atom stereocenters. The van der Waals surface area contributed by atoms with Gasteiger partial charge in [-0.15, -0.1) is 0 Å². The van der Waals surface area contributed by atoms with Gasteiger partial charge in [0.25, 0.3) is 0 Å². The van der Waals surface area contributed by atoms with E-state index in [4.69, 9.17) is 0 Å². The summed E-state index contributed by atoms with van der Waals surface area (Å²) in [6, 6.07) is 0. The van der Waals surface area contributed by atoms with E-state index < -0.39 is 0 Å². The molecule has 0 atom stereocenters. The molecular formula is H3CdCl2N. The second-order valence-electron chi connectivity index (χ2n) is 0. The SMILES string of the molecule is N.[Cd+2].[Cl-].[Cl-]. The molecule has 0 amide bonds. The molecule has 0 aromatic rings. The second-order valence-corrected chi connectivity index (χ2v) is 0. The Bertz CT molecular complexity index is 6.00. The van der Waals surface area contributed by atoms with Crippen LogP contribution in [0.25, 0.3) is 0 Å². The Balaban J connectivity index is 0. The van der Waals surface area contributed by atoms with Gasteiger partial charge in [0.2, 0.25) is 0 Å². The van der Waals surface area contributed by atoms with E-state index in [-0.39, 0.29) is 58.3 Å². The minimum atomic E-state index is 0. The van der Waals surface area contributed by atoms with Crippen LogP contribution in [-0.2, 0) is 27.3 Å². The number of hydrogen-bond donors (Lipinski definition) is 1. The van der Waals surface area contributed by atoms with Gasteiger partial charge in [-0.2, -0.15) is 0 Å². The van der Waals surface area contributed by atoms with Gasteiger partial charge in [-0.05, 0) is 0 Å². The molecule has 0 rings (SSSR count). The molecule has 1 nitrogen and oxygen atoms in total. The molecule has 0 saturated heterocycles. The van der Waals surface area contributed by atoms with Gasteiger partial charge in [-0.25, -0.2) is 0 Å². The molecule has 0 aliphatic carbocycles. The van der Waals surface area contributed by atoms with Crippen molar-refractivity contribution >= 4 is 0 Å². The Kier molecular flexibility index (Phi) is 318. The molecule has 0 radical (unpaired) electrons. The summed E-state index contributed by atoms with van der Waals surface area (Å²) in [4.78, 5) is 0. The molecule has 3 N–H and O–H groups in total. The van der Waals surface area contributed by atoms with E-state index in [0.29, 0.717) is 0 Å². The van der Waals surface area contributed by atoms with Crippen molar-refractivity contribution in [1.82, 2.24) is 6.15 Å². The van der Waals surface area contributed by atoms with Crippen molar-refractivity contribution < 1.29 is 52.1 Å². The summed E-state index contributed by atoms with van der Waals surface area (Å²) in [6.45, 7) is 0. The predicted octanol–water partition coefficient (Wildman–Crippen LogP) is -5.83. The second kappa shape index (κ2) is 25.0. The van der Waals surface area contributed by atoms with Crippen molar-refractivity contribution in [3.63, 3.8) is 0 Å². The third-order valence-electron chi connectivity index (χ3n) is 0. The van der Waals surface area contributed by atoms with Gasteiger partial charge in [0.1, 0.15) is 0 Å². The Morgan fingerprint density at radius 1 is 0.750 bits per heavy atom. The van der Waals surface area contributed by atoms with Crippen LogP contribution in [0.2, 0.25) is 0 Å². The summed E-state index contributed by atoms with van der Waals surface area (Å²) in [5.41, 5.74) is 0. The molecular weight excluding hydrogens is 197 g/mol. The monoisotopic (exact) mass is 201 g/mol. The van der Waals surface area contributed by atoms with Crippen LogP contribution in [0.3, 0.4) is 0 Å². The molecule has 0 spiro atoms. The van der Waals surface area contributed by atoms with E-state index in [9.17, 15) is 0 Å². The van der Waals surface area contributed by atoms with Gasteiger partial charge in [-0.3, -0.25) is 0 Å². The molecule has 0 aliphatic rings. The van der Waals surface area contributed by atoms with Gasteiger partial charge in [-0.1, -0.05) is 0 Å². The third-order valence-corrected chi connectivity index (χ3v) is 0. The van der Waals surface area contributed by atoms with E-state index in [2.05, 4.69) is 0 Å². The first-order valence-electron chi connectivity index (χ1n) is 0. The zero-order valence-electron chi connectivity index (χ0n) is 2.17. The Morgan fingerprint density at radius 3 is 0.750 bits per heavy atom. The van der Waals surface area contributed by atoms with Crippen LogP contribution in [0, 0.1) is 0 Å². The van der Waals surface area contributed by atoms with Crippen LogP contribution in [-0.4, -0.2) is 0 Å². The maximum atomic E-state index is 0. The van der Waals surface area contributed by atoms with Gasteiger partial charge in [0.05, 0.1) is 0 Å². The number of hydrogen-bond acceptors (Lipinski definition) is 1. The summed E-state index contributed by atoms with van der Waals surface area (Å²) in [6.07, 6.45) is 0. The van der Waals surface area contributed by atoms with E-state index in [0.717, 1.165) is 0 Å². The van der Waals surface area contributed by atoms with Crippen molar-refractivity contribution in [2.75, 3.05) is 0 Å². The topological polar surface area (TPSA) is 35.0 Å². The van der Waals surface area contributed by atoms with Crippen LogP contribution in [0.5, 0.6) is 0 Å². The van der Waals surface area contributed by atoms with E-state index in [1.54, 1.807) is 0 Å². The van der Waals surface area contributed by atoms with Gasteiger partial charge < -0.3 is 31.0 Å². The summed E-state index contributed by atoms with van der Waals surface area (Å²) in [5.74, 6) is 0. The molecule has 4 heteroatoms. The molecule has 0 aromatic heterocycles. The van der Waals surface area contributed by atoms with Gasteiger partial charge >= 0.3 is 27.3 Å². The average molecular weight is 200 g/mol. The zero-order chi connectivity index (χ0) is 0. The molecule has 0 bridgehead atoms. The Hall–Kier alpha value is 1.46. The fourth-order valence-electron chi connectivity index (χ4n) is 0. The van der Waals surface area contributed by atoms with Crippen LogP contribution in [0.1, 0.15) is 0 Å². The molecule has 4 heavy (non-hydrogen) atoms. The van der Waals surface area contributed by atoms with E-state index in [1.807, 2.05) is 0 Å². The Labute approximate surface area is 58.1 Å². The average Bonchev–Trinajstić information content (AvgIpc) is 0. The predicted molar refractivity (Wildman–Crippen MR) is 5.02 cm³/mol. The van der Waals surface area contributed by atoms with Crippen molar-refractivity contribution in [3.05, 3.63) is 0 Å². The van der Waals surface area contributed by atoms with Gasteiger partial charge in [0, 0.05) is 0 Å². The van der Waals surface area contributed by atoms with Crippen LogP contribution < -0.4 is 31.0 Å². The standard InChI is InChI=1S/Cd.2ClH.H3N/h;2*1H;1H3/q+2;;;/p-2. The van der Waals surface area contributed by atoms with E-state index in [1.165, 1.54) is 0 Å². The minimum Gasteiger partial charge on any atom is -1.00 e. The molecule has 0 saturated carbocycles. The molecule has 0 fully saturated rings. The smallest absolute Gasteiger partial charge is 1.00 e. The number of rotatable bonds is 0. The summed E-state index contributed by atoms with van der Waals surface area (Å²) >= 11 is 0. The van der Waals surface area contributed by atoms with Crippen LogP contribution in [0.15, 0.2) is 0 Å². The first-order valence-corrected chi connectivity index (χ1v) is 0. The summed E-state index contributed by atoms with van der Waals surface area (Å²) in [5, 5.41) is 0. The molecule has 0 aromatic carbocycles. The van der Waals surface area contributed by atoms with Crippen molar-refractivity contribution in [1.29, 1.82) is 0 Å². The zero-order valence-corrected chi connectivity index (χ0v) is 7.72. The fourth-order valence-corrected chi connectivity index (χ4v) is 0. The van der Waals surface area contributed by atoms with Crippen molar-refractivity contribution in [3.8, 4) is 0 Å². The largest absolute Gasteiger partial charge is 2.00 e. The molecule has 0 heterocycles. The minimum absolute atomic E-state index is 0. The maximum Gasteiger partial charge on any atom is 2.00 e.